The molecule has 1 nitrogen and oxygen atoms in total. The van der Waals surface area contributed by atoms with Crippen LogP contribution in [0.1, 0.15) is 45.1 Å². The van der Waals surface area contributed by atoms with E-state index in [0.29, 0.717) is 0 Å². The van der Waals surface area contributed by atoms with Gasteiger partial charge in [0.1, 0.15) is 7.14 Å². The highest BCUT2D eigenvalue weighted by molar-refractivity contribution is 7.99. The van der Waals surface area contributed by atoms with Gasteiger partial charge >= 0.3 is 0 Å². The van der Waals surface area contributed by atoms with Crippen LogP contribution in [-0.4, -0.2) is 12.3 Å². The minimum absolute atomic E-state index is 0.855. The summed E-state index contributed by atoms with van der Waals surface area (Å²) < 4.78 is 13.4. The topological polar surface area (TPSA) is 17.1 Å². The fourth-order valence-corrected chi connectivity index (χ4v) is 6.63. The van der Waals surface area contributed by atoms with E-state index in [1.165, 1.54) is 15.4 Å². The van der Waals surface area contributed by atoms with Gasteiger partial charge < -0.3 is 4.57 Å². The number of hydrogen-bond donors (Lipinski definition) is 0. The van der Waals surface area contributed by atoms with E-state index < -0.39 is 7.14 Å². The normalized spacial score (nSPS) is 11.6. The molecule has 0 amide bonds. The zero-order valence-corrected chi connectivity index (χ0v) is 16.8. The quantitative estimate of drug-likeness (QED) is 0.461. The Bertz CT molecular complexity index is 649. The fourth-order valence-electron chi connectivity index (χ4n) is 2.73. The first kappa shape index (κ1) is 19.3. The summed E-state index contributed by atoms with van der Waals surface area (Å²) in [6, 6.07) is 17.0. The first-order chi connectivity index (χ1) is 11.6. The number of benzene rings is 2. The molecule has 2 aromatic carbocycles. The Balaban J connectivity index is 2.12. The summed E-state index contributed by atoms with van der Waals surface area (Å²) in [5.74, 6) is 0. The Morgan fingerprint density at radius 1 is 0.792 bits per heavy atom. The standard InChI is InChI=1S/C21H29OPS/c1-4-6-16-23(22,17-7-5-2)19-10-14-21(15-11-19)24-20-12-8-18(3)9-13-20/h8-15H,4-7,16-17H2,1-3H3. The van der Waals surface area contributed by atoms with E-state index >= 15 is 0 Å². The van der Waals surface area contributed by atoms with Gasteiger partial charge in [0, 0.05) is 27.4 Å². The maximum absolute atomic E-state index is 13.4. The predicted molar refractivity (Wildman–Crippen MR) is 109 cm³/mol. The number of rotatable bonds is 9. The second-order valence-corrected chi connectivity index (χ2v) is 10.8. The smallest absolute Gasteiger partial charge is 0.115 e. The van der Waals surface area contributed by atoms with E-state index in [4.69, 9.17) is 0 Å². The van der Waals surface area contributed by atoms with E-state index in [2.05, 4.69) is 69.3 Å². The molecule has 3 heteroatoms. The second-order valence-electron chi connectivity index (χ2n) is 6.45. The third kappa shape index (κ3) is 5.53. The van der Waals surface area contributed by atoms with Crippen molar-refractivity contribution in [2.24, 2.45) is 0 Å². The Morgan fingerprint density at radius 3 is 1.71 bits per heavy atom. The lowest BCUT2D eigenvalue weighted by Crippen LogP contribution is -2.11. The van der Waals surface area contributed by atoms with E-state index in [0.717, 1.165) is 43.3 Å². The van der Waals surface area contributed by atoms with Crippen molar-refractivity contribution in [3.8, 4) is 0 Å². The van der Waals surface area contributed by atoms with E-state index in [9.17, 15) is 4.57 Å². The third-order valence-corrected chi connectivity index (χ3v) is 8.64. The Labute approximate surface area is 151 Å². The molecule has 0 aromatic heterocycles. The average Bonchev–Trinajstić information content (AvgIpc) is 2.61. The second kappa shape index (κ2) is 9.49. The van der Waals surface area contributed by atoms with Crippen LogP contribution in [0.5, 0.6) is 0 Å². The highest BCUT2D eigenvalue weighted by Gasteiger charge is 2.23. The fraction of sp³-hybridized carbons (Fsp3) is 0.429. The average molecular weight is 361 g/mol. The van der Waals surface area contributed by atoms with Crippen molar-refractivity contribution in [3.05, 3.63) is 54.1 Å². The van der Waals surface area contributed by atoms with Crippen molar-refractivity contribution in [2.45, 2.75) is 56.2 Å². The van der Waals surface area contributed by atoms with Gasteiger partial charge in [-0.15, -0.1) is 0 Å². The maximum Gasteiger partial charge on any atom is 0.115 e. The highest BCUT2D eigenvalue weighted by atomic mass is 32.2. The maximum atomic E-state index is 13.4. The van der Waals surface area contributed by atoms with Gasteiger partial charge in [-0.1, -0.05) is 68.3 Å². The number of hydrogen-bond acceptors (Lipinski definition) is 2. The molecule has 0 aliphatic carbocycles. The Kier molecular flexibility index (Phi) is 7.65. The van der Waals surface area contributed by atoms with E-state index in [1.807, 2.05) is 0 Å². The minimum Gasteiger partial charge on any atom is -0.319 e. The molecule has 0 atom stereocenters. The van der Waals surface area contributed by atoms with Crippen LogP contribution < -0.4 is 5.30 Å². The van der Waals surface area contributed by atoms with Crippen LogP contribution in [0, 0.1) is 6.92 Å². The van der Waals surface area contributed by atoms with Crippen LogP contribution in [0.3, 0.4) is 0 Å². The van der Waals surface area contributed by atoms with Gasteiger partial charge in [0.15, 0.2) is 0 Å². The molecule has 0 heterocycles. The molecular formula is C21H29OPS. The van der Waals surface area contributed by atoms with Gasteiger partial charge in [0.05, 0.1) is 0 Å². The molecule has 0 aliphatic heterocycles. The van der Waals surface area contributed by atoms with Crippen molar-refractivity contribution < 1.29 is 4.57 Å². The SMILES string of the molecule is CCCCP(=O)(CCCC)c1ccc(Sc2ccc(C)cc2)cc1. The molecule has 0 radical (unpaired) electrons. The Hall–Kier alpha value is -0.980. The van der Waals surface area contributed by atoms with Crippen molar-refractivity contribution in [1.82, 2.24) is 0 Å². The van der Waals surface area contributed by atoms with Gasteiger partial charge in [0.2, 0.25) is 0 Å². The zero-order chi connectivity index (χ0) is 17.4. The molecule has 0 spiro atoms. The van der Waals surface area contributed by atoms with Crippen LogP contribution in [0.25, 0.3) is 0 Å². The lowest BCUT2D eigenvalue weighted by atomic mass is 10.2. The van der Waals surface area contributed by atoms with E-state index in [1.54, 1.807) is 11.8 Å². The summed E-state index contributed by atoms with van der Waals surface area (Å²) in [6.45, 7) is 6.45. The number of aryl methyl sites for hydroxylation is 1. The monoisotopic (exact) mass is 360 g/mol. The molecule has 24 heavy (non-hydrogen) atoms. The van der Waals surface area contributed by atoms with Crippen molar-refractivity contribution in [2.75, 3.05) is 12.3 Å². The summed E-state index contributed by atoms with van der Waals surface area (Å²) in [5, 5.41) is 1.07. The molecule has 0 unspecified atom stereocenters. The molecule has 2 aromatic rings. The largest absolute Gasteiger partial charge is 0.319 e. The number of unbranched alkanes of at least 4 members (excludes halogenated alkanes) is 2. The van der Waals surface area contributed by atoms with Gasteiger partial charge in [0.25, 0.3) is 0 Å². The van der Waals surface area contributed by atoms with Gasteiger partial charge in [-0.25, -0.2) is 0 Å². The van der Waals surface area contributed by atoms with Crippen LogP contribution in [0.4, 0.5) is 0 Å². The van der Waals surface area contributed by atoms with Crippen LogP contribution in [0.15, 0.2) is 58.3 Å². The summed E-state index contributed by atoms with van der Waals surface area (Å²) in [6.07, 6.45) is 6.04. The van der Waals surface area contributed by atoms with Gasteiger partial charge in [-0.3, -0.25) is 0 Å². The molecule has 2 rings (SSSR count). The zero-order valence-electron chi connectivity index (χ0n) is 15.1. The first-order valence-corrected chi connectivity index (χ1v) is 11.9. The third-order valence-electron chi connectivity index (χ3n) is 4.31. The van der Waals surface area contributed by atoms with Crippen molar-refractivity contribution >= 4 is 24.2 Å². The molecule has 0 saturated carbocycles. The summed E-state index contributed by atoms with van der Waals surface area (Å²) >= 11 is 1.76. The van der Waals surface area contributed by atoms with Crippen LogP contribution in [-0.2, 0) is 4.57 Å². The van der Waals surface area contributed by atoms with Gasteiger partial charge in [-0.05, 0) is 44.0 Å². The molecule has 0 fully saturated rings. The lowest BCUT2D eigenvalue weighted by Gasteiger charge is -2.18. The minimum atomic E-state index is -2.22. The molecule has 0 N–H and O–H groups in total. The predicted octanol–water partition coefficient (Wildman–Crippen LogP) is 6.73. The summed E-state index contributed by atoms with van der Waals surface area (Å²) in [7, 11) is -2.22. The molecule has 0 saturated heterocycles. The first-order valence-electron chi connectivity index (χ1n) is 9.00. The Morgan fingerprint density at radius 2 is 1.25 bits per heavy atom. The molecular weight excluding hydrogens is 331 g/mol. The van der Waals surface area contributed by atoms with Crippen LogP contribution >= 0.6 is 18.9 Å². The molecule has 0 aliphatic rings. The van der Waals surface area contributed by atoms with Crippen molar-refractivity contribution in [3.63, 3.8) is 0 Å². The molecule has 0 bridgehead atoms. The highest BCUT2D eigenvalue weighted by Crippen LogP contribution is 2.46. The van der Waals surface area contributed by atoms with Gasteiger partial charge in [-0.2, -0.15) is 0 Å². The van der Waals surface area contributed by atoms with Crippen LogP contribution in [0.2, 0.25) is 0 Å². The lowest BCUT2D eigenvalue weighted by molar-refractivity contribution is 0.576. The summed E-state index contributed by atoms with van der Waals surface area (Å²) in [4.78, 5) is 2.45. The summed E-state index contributed by atoms with van der Waals surface area (Å²) in [5.41, 5.74) is 1.28. The van der Waals surface area contributed by atoms with Crippen molar-refractivity contribution in [1.29, 1.82) is 0 Å². The van der Waals surface area contributed by atoms with E-state index in [-0.39, 0.29) is 0 Å². The molecule has 130 valence electrons.